The number of benzene rings is 1. The van der Waals surface area contributed by atoms with Crippen LogP contribution in [0.15, 0.2) is 27.4 Å². The minimum Gasteiger partial charge on any atom is -0.408 e. The highest BCUT2D eigenvalue weighted by atomic mass is 16.4. The van der Waals surface area contributed by atoms with E-state index in [0.29, 0.717) is 23.1 Å². The number of carbonyl (C=O) groups excluding carboxylic acids is 2. The smallest absolute Gasteiger partial charge is 0.408 e. The number of amides is 2. The van der Waals surface area contributed by atoms with Crippen LogP contribution in [-0.2, 0) is 4.79 Å². The number of H-pyrrole nitrogens is 1. The van der Waals surface area contributed by atoms with E-state index in [2.05, 4.69) is 25.8 Å². The summed E-state index contributed by atoms with van der Waals surface area (Å²) in [5.41, 5.74) is 1.40. The summed E-state index contributed by atoms with van der Waals surface area (Å²) in [6.45, 7) is 3.56. The number of hydrogen-bond donors (Lipinski definition) is 4. The lowest BCUT2D eigenvalue weighted by Crippen LogP contribution is -2.65. The first-order chi connectivity index (χ1) is 13.0. The van der Waals surface area contributed by atoms with Gasteiger partial charge >= 0.3 is 5.76 Å². The van der Waals surface area contributed by atoms with Gasteiger partial charge in [-0.3, -0.25) is 24.8 Å². The zero-order valence-corrected chi connectivity index (χ0v) is 15.1. The van der Waals surface area contributed by atoms with Gasteiger partial charge in [0.15, 0.2) is 5.58 Å². The fraction of sp³-hybridized carbons (Fsp3) is 0.500. The maximum absolute atomic E-state index is 12.5. The first-order valence-corrected chi connectivity index (χ1v) is 9.21. The summed E-state index contributed by atoms with van der Waals surface area (Å²) in [7, 11) is 0. The van der Waals surface area contributed by atoms with Crippen molar-refractivity contribution in [3.8, 4) is 0 Å². The third kappa shape index (κ3) is 3.88. The minimum atomic E-state index is -0.535. The highest BCUT2D eigenvalue weighted by Crippen LogP contribution is 2.16. The third-order valence-corrected chi connectivity index (χ3v) is 5.14. The van der Waals surface area contributed by atoms with E-state index in [1.165, 1.54) is 0 Å². The van der Waals surface area contributed by atoms with Crippen LogP contribution >= 0.6 is 0 Å². The number of aromatic amines is 1. The quantitative estimate of drug-likeness (QED) is 0.606. The summed E-state index contributed by atoms with van der Waals surface area (Å²) >= 11 is 0. The summed E-state index contributed by atoms with van der Waals surface area (Å²) in [4.78, 5) is 40.2. The van der Waals surface area contributed by atoms with Crippen LogP contribution in [0.5, 0.6) is 0 Å². The van der Waals surface area contributed by atoms with E-state index in [4.69, 9.17) is 4.42 Å². The summed E-state index contributed by atoms with van der Waals surface area (Å²) < 4.78 is 5.01. The molecule has 27 heavy (non-hydrogen) atoms. The van der Waals surface area contributed by atoms with Crippen LogP contribution in [0, 0.1) is 0 Å². The Bertz CT molecular complexity index is 912. The molecule has 0 radical (unpaired) electrons. The van der Waals surface area contributed by atoms with Crippen molar-refractivity contribution >= 4 is 22.9 Å². The number of likely N-dealkylation sites (tertiary alicyclic amines) is 1. The van der Waals surface area contributed by atoms with Crippen LogP contribution in [-0.4, -0.2) is 53.2 Å². The molecule has 2 amide bonds. The zero-order valence-electron chi connectivity index (χ0n) is 15.1. The Labute approximate surface area is 155 Å². The SMILES string of the molecule is CC1CC(=O)NC(N2CCC(NC(=O)c3ccc4[nH]c(=O)oc4c3)CC2)N1. The molecule has 9 heteroatoms. The molecule has 1 aromatic carbocycles. The lowest BCUT2D eigenvalue weighted by Gasteiger charge is -2.41. The standard InChI is InChI=1S/C18H23N5O4/c1-10-8-15(24)22-17(19-10)23-6-4-12(5-7-23)20-16(25)11-2-3-13-14(9-11)27-18(26)21-13/h2-3,9-10,12,17,19H,4-8H2,1H3,(H,20,25)(H,21,26)(H,22,24). The van der Waals surface area contributed by atoms with Gasteiger partial charge in [-0.1, -0.05) is 0 Å². The predicted octanol–water partition coefficient (Wildman–Crippen LogP) is 0.0969. The number of nitrogens with zero attached hydrogens (tertiary/aromatic N) is 1. The van der Waals surface area contributed by atoms with E-state index in [1.807, 2.05) is 6.92 Å². The fourth-order valence-corrected chi connectivity index (χ4v) is 3.71. The number of aromatic nitrogens is 1. The molecule has 3 heterocycles. The maximum Gasteiger partial charge on any atom is 0.417 e. The molecule has 2 atom stereocenters. The van der Waals surface area contributed by atoms with E-state index in [1.54, 1.807) is 18.2 Å². The number of hydrogen-bond acceptors (Lipinski definition) is 6. The van der Waals surface area contributed by atoms with Gasteiger partial charge in [0.1, 0.15) is 6.29 Å². The Morgan fingerprint density at radius 1 is 1.26 bits per heavy atom. The Balaban J connectivity index is 1.33. The van der Waals surface area contributed by atoms with Gasteiger partial charge in [-0.05, 0) is 38.0 Å². The summed E-state index contributed by atoms with van der Waals surface area (Å²) in [5, 5.41) is 9.40. The molecule has 4 N–H and O–H groups in total. The fourth-order valence-electron chi connectivity index (χ4n) is 3.71. The summed E-state index contributed by atoms with van der Waals surface area (Å²) in [6, 6.07) is 5.13. The van der Waals surface area contributed by atoms with Gasteiger partial charge in [0.25, 0.3) is 5.91 Å². The molecule has 2 fully saturated rings. The Morgan fingerprint density at radius 3 is 2.78 bits per heavy atom. The average molecular weight is 373 g/mol. The largest absolute Gasteiger partial charge is 0.417 e. The highest BCUT2D eigenvalue weighted by molar-refractivity contribution is 5.97. The second-order valence-corrected chi connectivity index (χ2v) is 7.25. The Hall–Kier alpha value is -2.65. The third-order valence-electron chi connectivity index (χ3n) is 5.14. The first-order valence-electron chi connectivity index (χ1n) is 9.21. The van der Waals surface area contributed by atoms with Crippen LogP contribution in [0.3, 0.4) is 0 Å². The van der Waals surface area contributed by atoms with Crippen molar-refractivity contribution in [2.24, 2.45) is 0 Å². The maximum atomic E-state index is 12.5. The minimum absolute atomic E-state index is 0.0634. The molecule has 2 aliphatic heterocycles. The second-order valence-electron chi connectivity index (χ2n) is 7.25. The van der Waals surface area contributed by atoms with Gasteiger partial charge in [-0.25, -0.2) is 4.79 Å². The first kappa shape index (κ1) is 17.7. The number of fused-ring (bicyclic) bond motifs is 1. The van der Waals surface area contributed by atoms with E-state index in [9.17, 15) is 14.4 Å². The molecule has 0 bridgehead atoms. The lowest BCUT2D eigenvalue weighted by molar-refractivity contribution is -0.127. The van der Waals surface area contributed by atoms with Crippen molar-refractivity contribution in [2.45, 2.75) is 44.6 Å². The summed E-state index contributed by atoms with van der Waals surface area (Å²) in [6.07, 6.45) is 1.96. The highest BCUT2D eigenvalue weighted by Gasteiger charge is 2.30. The molecule has 9 nitrogen and oxygen atoms in total. The van der Waals surface area contributed by atoms with Crippen molar-refractivity contribution in [2.75, 3.05) is 13.1 Å². The summed E-state index contributed by atoms with van der Waals surface area (Å²) in [5.74, 6) is -0.655. The molecule has 0 spiro atoms. The van der Waals surface area contributed by atoms with Gasteiger partial charge in [-0.2, -0.15) is 0 Å². The van der Waals surface area contributed by atoms with E-state index < -0.39 is 5.76 Å². The van der Waals surface area contributed by atoms with E-state index in [0.717, 1.165) is 25.9 Å². The van der Waals surface area contributed by atoms with Crippen molar-refractivity contribution in [3.05, 3.63) is 34.3 Å². The van der Waals surface area contributed by atoms with E-state index in [-0.39, 0.29) is 30.2 Å². The number of carbonyl (C=O) groups is 2. The molecule has 2 aromatic rings. The van der Waals surface area contributed by atoms with Crippen molar-refractivity contribution < 1.29 is 14.0 Å². The molecule has 2 saturated heterocycles. The van der Waals surface area contributed by atoms with Crippen LogP contribution < -0.4 is 21.7 Å². The molecule has 4 rings (SSSR count). The number of oxazole rings is 1. The molecule has 1 aromatic heterocycles. The molecule has 0 aliphatic carbocycles. The number of nitrogens with one attached hydrogen (secondary N) is 4. The Kier molecular flexibility index (Phi) is 4.71. The van der Waals surface area contributed by atoms with Gasteiger partial charge in [-0.15, -0.1) is 0 Å². The molecule has 144 valence electrons. The second kappa shape index (κ2) is 7.16. The van der Waals surface area contributed by atoms with Gasteiger partial charge in [0, 0.05) is 37.2 Å². The van der Waals surface area contributed by atoms with Crippen LogP contribution in [0.2, 0.25) is 0 Å². The monoisotopic (exact) mass is 373 g/mol. The zero-order chi connectivity index (χ0) is 19.0. The van der Waals surface area contributed by atoms with Crippen molar-refractivity contribution in [3.63, 3.8) is 0 Å². The van der Waals surface area contributed by atoms with Crippen molar-refractivity contribution in [1.82, 2.24) is 25.8 Å². The normalized spacial score (nSPS) is 24.7. The van der Waals surface area contributed by atoms with Crippen LogP contribution in [0.4, 0.5) is 0 Å². The lowest BCUT2D eigenvalue weighted by atomic mass is 10.0. The van der Waals surface area contributed by atoms with Gasteiger partial charge in [0.05, 0.1) is 5.52 Å². The topological polar surface area (TPSA) is 119 Å². The molecular formula is C18H23N5O4. The molecule has 2 aliphatic rings. The van der Waals surface area contributed by atoms with Gasteiger partial charge < -0.3 is 15.1 Å². The van der Waals surface area contributed by atoms with Crippen molar-refractivity contribution in [1.29, 1.82) is 0 Å². The number of rotatable bonds is 3. The van der Waals surface area contributed by atoms with Crippen LogP contribution in [0.25, 0.3) is 11.1 Å². The molecule has 2 unspecified atom stereocenters. The average Bonchev–Trinajstić information content (AvgIpc) is 3.00. The Morgan fingerprint density at radius 2 is 2.04 bits per heavy atom. The number of piperidine rings is 1. The van der Waals surface area contributed by atoms with Crippen LogP contribution in [0.1, 0.15) is 36.5 Å². The molecular weight excluding hydrogens is 350 g/mol. The van der Waals surface area contributed by atoms with Gasteiger partial charge in [0.2, 0.25) is 5.91 Å². The predicted molar refractivity (Wildman–Crippen MR) is 98.0 cm³/mol. The van der Waals surface area contributed by atoms with E-state index >= 15 is 0 Å². The molecule has 0 saturated carbocycles.